The lowest BCUT2D eigenvalue weighted by molar-refractivity contribution is -0.384. The number of Topliss-reactive ketones (excluding diaryl/α,β-unsaturated/α-hetero) is 1. The van der Waals surface area contributed by atoms with Crippen molar-refractivity contribution in [2.75, 3.05) is 5.75 Å². The third-order valence-electron chi connectivity index (χ3n) is 4.44. The molecule has 1 aliphatic heterocycles. The first-order chi connectivity index (χ1) is 13.8. The lowest BCUT2D eigenvalue weighted by Gasteiger charge is -2.30. The number of benzene rings is 1. The molecular weight excluding hydrogens is 414 g/mol. The molecule has 162 valence electrons. The van der Waals surface area contributed by atoms with Gasteiger partial charge in [-0.3, -0.25) is 14.9 Å². The van der Waals surface area contributed by atoms with Gasteiger partial charge in [0.15, 0.2) is 5.78 Å². The van der Waals surface area contributed by atoms with Gasteiger partial charge in [-0.15, -0.1) is 0 Å². The van der Waals surface area contributed by atoms with Gasteiger partial charge in [-0.05, 0) is 33.3 Å². The number of carbonyl (C=O) groups excluding carboxylic acids is 1. The quantitative estimate of drug-likeness (QED) is 0.411. The van der Waals surface area contributed by atoms with Crippen LogP contribution in [0.3, 0.4) is 0 Å². The Balaban J connectivity index is 2.63. The molecule has 0 aromatic heterocycles. The first-order valence-corrected chi connectivity index (χ1v) is 10.7. The number of carboxylic acids is 1. The first-order valence-electron chi connectivity index (χ1n) is 9.03. The third kappa shape index (κ3) is 5.10. The van der Waals surface area contributed by atoms with Crippen molar-refractivity contribution in [3.8, 4) is 0 Å². The topological polar surface area (TPSA) is 156 Å². The van der Waals surface area contributed by atoms with Gasteiger partial charge >= 0.3 is 5.97 Å². The zero-order valence-electron chi connectivity index (χ0n) is 16.9. The lowest BCUT2D eigenvalue weighted by atomic mass is 9.79. The lowest BCUT2D eigenvalue weighted by Crippen LogP contribution is -2.38. The summed E-state index contributed by atoms with van der Waals surface area (Å²) in [7, 11) is -3.96. The van der Waals surface area contributed by atoms with Gasteiger partial charge in [0.2, 0.25) is 10.0 Å². The van der Waals surface area contributed by atoms with E-state index in [4.69, 9.17) is 0 Å². The monoisotopic (exact) mass is 437 g/mol. The summed E-state index contributed by atoms with van der Waals surface area (Å²) in [5.74, 6) is -4.16. The highest BCUT2D eigenvalue weighted by atomic mass is 32.2. The van der Waals surface area contributed by atoms with Gasteiger partial charge in [0.25, 0.3) is 5.69 Å². The Morgan fingerprint density at radius 2 is 1.83 bits per heavy atom. The number of ketones is 1. The van der Waals surface area contributed by atoms with E-state index in [1.54, 1.807) is 13.8 Å². The van der Waals surface area contributed by atoms with Crippen LogP contribution >= 0.6 is 0 Å². The molecule has 0 saturated carbocycles. The molecular formula is C19H23N3O7S. The minimum atomic E-state index is -3.96. The molecule has 1 aromatic rings. The number of non-ortho nitro benzene ring substituents is 1. The molecule has 1 aliphatic rings. The molecule has 1 atom stereocenters. The number of hydrogen-bond donors (Lipinski definition) is 3. The number of nitrogens with one attached hydrogen (secondary N) is 2. The molecule has 3 N–H and O–H groups in total. The Labute approximate surface area is 173 Å². The van der Waals surface area contributed by atoms with Gasteiger partial charge in [0.05, 0.1) is 10.5 Å². The Morgan fingerprint density at radius 3 is 2.37 bits per heavy atom. The van der Waals surface area contributed by atoms with E-state index in [0.717, 1.165) is 0 Å². The van der Waals surface area contributed by atoms with Gasteiger partial charge in [-0.1, -0.05) is 12.1 Å². The molecule has 0 unspecified atom stereocenters. The number of aliphatic carboxylic acids is 1. The summed E-state index contributed by atoms with van der Waals surface area (Å²) in [4.78, 5) is 35.5. The van der Waals surface area contributed by atoms with Crippen LogP contribution in [0.25, 0.3) is 0 Å². The van der Waals surface area contributed by atoms with Crippen molar-refractivity contribution in [1.29, 1.82) is 0 Å². The predicted molar refractivity (Wildman–Crippen MR) is 109 cm³/mol. The summed E-state index contributed by atoms with van der Waals surface area (Å²) in [6, 6.07) is 4.87. The summed E-state index contributed by atoms with van der Waals surface area (Å²) < 4.78 is 26.9. The normalized spacial score (nSPS) is 17.2. The smallest absolute Gasteiger partial charge is 0.334 e. The molecule has 11 heteroatoms. The Morgan fingerprint density at radius 1 is 1.23 bits per heavy atom. The highest BCUT2D eigenvalue weighted by molar-refractivity contribution is 7.90. The van der Waals surface area contributed by atoms with Crippen molar-refractivity contribution < 1.29 is 28.0 Å². The van der Waals surface area contributed by atoms with Gasteiger partial charge in [-0.25, -0.2) is 17.9 Å². The average Bonchev–Trinajstić information content (AvgIpc) is 2.58. The molecule has 1 aromatic carbocycles. The number of allylic oxidation sites excluding steroid dienone is 3. The van der Waals surface area contributed by atoms with E-state index < -0.39 is 44.4 Å². The zero-order chi connectivity index (χ0) is 22.8. The van der Waals surface area contributed by atoms with Crippen molar-refractivity contribution in [1.82, 2.24) is 10.0 Å². The number of nitrogens with zero attached hydrogens (tertiary/aromatic N) is 1. The van der Waals surface area contributed by atoms with Crippen LogP contribution in [0.5, 0.6) is 0 Å². The van der Waals surface area contributed by atoms with Crippen LogP contribution in [-0.4, -0.2) is 42.0 Å². The van der Waals surface area contributed by atoms with E-state index >= 15 is 0 Å². The molecule has 10 nitrogen and oxygen atoms in total. The molecule has 0 aliphatic carbocycles. The van der Waals surface area contributed by atoms with Crippen LogP contribution in [0.4, 0.5) is 5.69 Å². The van der Waals surface area contributed by atoms with Gasteiger partial charge in [0, 0.05) is 41.1 Å². The second-order valence-electron chi connectivity index (χ2n) is 7.25. The Kier molecular flexibility index (Phi) is 6.78. The van der Waals surface area contributed by atoms with Crippen molar-refractivity contribution >= 4 is 27.5 Å². The molecule has 0 fully saturated rings. The largest absolute Gasteiger partial charge is 0.478 e. The van der Waals surface area contributed by atoms with E-state index in [9.17, 15) is 33.2 Å². The van der Waals surface area contributed by atoms with Crippen molar-refractivity contribution in [3.63, 3.8) is 0 Å². The zero-order valence-corrected chi connectivity index (χ0v) is 17.7. The number of hydrogen-bond acceptors (Lipinski definition) is 7. The van der Waals surface area contributed by atoms with Gasteiger partial charge in [-0.2, -0.15) is 0 Å². The fourth-order valence-corrected chi connectivity index (χ4v) is 4.75. The van der Waals surface area contributed by atoms with E-state index in [-0.39, 0.29) is 28.1 Å². The summed E-state index contributed by atoms with van der Waals surface area (Å²) >= 11 is 0. The average molecular weight is 437 g/mol. The van der Waals surface area contributed by atoms with Crippen LogP contribution in [0.1, 0.15) is 39.2 Å². The van der Waals surface area contributed by atoms with Crippen LogP contribution in [0, 0.1) is 10.1 Å². The third-order valence-corrected chi connectivity index (χ3v) is 5.91. The second-order valence-corrected chi connectivity index (χ2v) is 9.00. The maximum Gasteiger partial charge on any atom is 0.334 e. The van der Waals surface area contributed by atoms with Crippen LogP contribution < -0.4 is 10.0 Å². The molecule has 0 spiro atoms. The number of carbonyl (C=O) groups is 2. The molecule has 0 amide bonds. The van der Waals surface area contributed by atoms with Crippen molar-refractivity contribution in [3.05, 3.63) is 62.5 Å². The predicted octanol–water partition coefficient (Wildman–Crippen LogP) is 1.81. The van der Waals surface area contributed by atoms with E-state index in [1.807, 2.05) is 0 Å². The standard InChI is InChI=1S/C19H23N3O7S/c1-10(2)21-30(28,29)9-15(23)16-11(3)20-12(4)17(19(24)25)18(16)13-6-5-7-14(8-13)22(26)27/h5-8,10,18,20-21H,9H2,1-4H3,(H,24,25)/t18-/m0/s1. The molecule has 1 heterocycles. The highest BCUT2D eigenvalue weighted by Crippen LogP contribution is 2.39. The number of nitro benzene ring substituents is 1. The molecule has 30 heavy (non-hydrogen) atoms. The molecule has 0 radical (unpaired) electrons. The molecule has 0 bridgehead atoms. The molecule has 0 saturated heterocycles. The summed E-state index contributed by atoms with van der Waals surface area (Å²) in [5, 5.41) is 23.8. The van der Waals surface area contributed by atoms with Gasteiger partial charge in [0.1, 0.15) is 5.75 Å². The number of carboxylic acid groups (broad SMARTS) is 1. The van der Waals surface area contributed by atoms with Crippen LogP contribution in [0.2, 0.25) is 0 Å². The van der Waals surface area contributed by atoms with Crippen LogP contribution in [-0.2, 0) is 19.6 Å². The number of rotatable bonds is 8. The number of nitro groups is 1. The van der Waals surface area contributed by atoms with Crippen molar-refractivity contribution in [2.45, 2.75) is 39.7 Å². The fraction of sp³-hybridized carbons (Fsp3) is 0.368. The fourth-order valence-electron chi connectivity index (χ4n) is 3.45. The first kappa shape index (κ1) is 23.2. The maximum atomic E-state index is 13.0. The Bertz CT molecular complexity index is 1070. The number of dihydropyridines is 1. The molecule has 2 rings (SSSR count). The van der Waals surface area contributed by atoms with E-state index in [0.29, 0.717) is 5.70 Å². The van der Waals surface area contributed by atoms with Gasteiger partial charge < -0.3 is 10.4 Å². The SMILES string of the molecule is CC1=C(C(=O)O)[C@@H](c2cccc([N+](=O)[O-])c2)C(C(=O)CS(=O)(=O)NC(C)C)=C(C)N1. The maximum absolute atomic E-state index is 13.0. The minimum absolute atomic E-state index is 0.0624. The summed E-state index contributed by atoms with van der Waals surface area (Å²) in [5.41, 5.74) is 0.243. The highest BCUT2D eigenvalue weighted by Gasteiger charge is 2.38. The number of sulfonamides is 1. The van der Waals surface area contributed by atoms with Crippen molar-refractivity contribution in [2.24, 2.45) is 0 Å². The summed E-state index contributed by atoms with van der Waals surface area (Å²) in [6.07, 6.45) is 0. The summed E-state index contributed by atoms with van der Waals surface area (Å²) in [6.45, 7) is 6.25. The minimum Gasteiger partial charge on any atom is -0.478 e. The van der Waals surface area contributed by atoms with Crippen LogP contribution in [0.15, 0.2) is 46.8 Å². The Hall–Kier alpha value is -3.05. The second kappa shape index (κ2) is 8.76. The van der Waals surface area contributed by atoms with E-state index in [2.05, 4.69) is 10.0 Å². The van der Waals surface area contributed by atoms with E-state index in [1.165, 1.54) is 38.1 Å².